The van der Waals surface area contributed by atoms with Crippen LogP contribution in [-0.4, -0.2) is 50.0 Å². The summed E-state index contributed by atoms with van der Waals surface area (Å²) in [6, 6.07) is 7.49. The van der Waals surface area contributed by atoms with E-state index < -0.39 is 23.7 Å². The van der Waals surface area contributed by atoms with E-state index in [4.69, 9.17) is 20.2 Å². The van der Waals surface area contributed by atoms with Gasteiger partial charge in [0.2, 0.25) is 0 Å². The number of para-hydroxylation sites is 1. The number of ether oxygens (including phenoxy) is 2. The summed E-state index contributed by atoms with van der Waals surface area (Å²) in [5, 5.41) is 14.2. The Balaban J connectivity index is 2.17. The Kier molecular flexibility index (Phi) is 7.73. The van der Waals surface area contributed by atoms with Gasteiger partial charge in [0, 0.05) is 12.0 Å². The minimum Gasteiger partial charge on any atom is -0.436 e. The molecule has 0 bridgehead atoms. The molecule has 10 heteroatoms. The van der Waals surface area contributed by atoms with E-state index in [2.05, 4.69) is 10.3 Å². The van der Waals surface area contributed by atoms with Crippen LogP contribution in [0.2, 0.25) is 0 Å². The molecular weight excluding hydrogens is 438 g/mol. The van der Waals surface area contributed by atoms with Gasteiger partial charge in [0.15, 0.2) is 11.9 Å². The van der Waals surface area contributed by atoms with Gasteiger partial charge < -0.3 is 30.2 Å². The van der Waals surface area contributed by atoms with E-state index >= 15 is 0 Å². The van der Waals surface area contributed by atoms with Gasteiger partial charge in [-0.3, -0.25) is 4.79 Å². The normalized spacial score (nSPS) is 12.9. The molecule has 34 heavy (non-hydrogen) atoms. The first-order chi connectivity index (χ1) is 16.0. The first-order valence-electron chi connectivity index (χ1n) is 11.3. The van der Waals surface area contributed by atoms with E-state index in [9.17, 15) is 14.7 Å². The number of fused-ring (bicyclic) bond motifs is 3. The average molecular weight is 472 g/mol. The lowest BCUT2D eigenvalue weighted by Crippen LogP contribution is -2.35. The molecular formula is C24H33N5O5. The third-order valence-corrected chi connectivity index (χ3v) is 5.12. The zero-order valence-corrected chi connectivity index (χ0v) is 20.3. The molecule has 3 rings (SSSR count). The van der Waals surface area contributed by atoms with Crippen molar-refractivity contribution in [1.82, 2.24) is 14.5 Å². The minimum absolute atomic E-state index is 0.0865. The number of rotatable bonds is 10. The van der Waals surface area contributed by atoms with Crippen molar-refractivity contribution in [3.05, 3.63) is 30.1 Å². The van der Waals surface area contributed by atoms with Crippen molar-refractivity contribution in [2.75, 3.05) is 11.9 Å². The number of pyridine rings is 1. The maximum absolute atomic E-state index is 13.1. The van der Waals surface area contributed by atoms with Crippen molar-refractivity contribution in [3.8, 4) is 0 Å². The Morgan fingerprint density at radius 3 is 2.56 bits per heavy atom. The predicted molar refractivity (Wildman–Crippen MR) is 129 cm³/mol. The quantitative estimate of drug-likeness (QED) is 0.412. The largest absolute Gasteiger partial charge is 0.436 e. The van der Waals surface area contributed by atoms with Gasteiger partial charge in [0.1, 0.15) is 17.9 Å². The van der Waals surface area contributed by atoms with E-state index in [0.29, 0.717) is 35.4 Å². The number of aliphatic hydroxyl groups is 1. The van der Waals surface area contributed by atoms with Crippen LogP contribution in [0.5, 0.6) is 0 Å². The predicted octanol–water partition coefficient (Wildman–Crippen LogP) is 3.34. The van der Waals surface area contributed by atoms with Crippen molar-refractivity contribution < 1.29 is 24.2 Å². The Hall–Kier alpha value is -3.24. The number of primary amides is 1. The topological polar surface area (TPSA) is 142 Å². The van der Waals surface area contributed by atoms with Crippen LogP contribution in [0.1, 0.15) is 46.9 Å². The molecule has 0 spiro atoms. The van der Waals surface area contributed by atoms with Crippen LogP contribution in [0.4, 0.5) is 10.6 Å². The number of benzene rings is 1. The number of aromatic nitrogens is 3. The number of anilines is 1. The lowest BCUT2D eigenvalue weighted by molar-refractivity contribution is -0.124. The highest BCUT2D eigenvalue weighted by atomic mass is 16.6. The smallest absolute Gasteiger partial charge is 0.405 e. The Labute approximate surface area is 198 Å². The first kappa shape index (κ1) is 25.4. The second kappa shape index (κ2) is 10.4. The van der Waals surface area contributed by atoms with Gasteiger partial charge >= 0.3 is 6.09 Å². The maximum atomic E-state index is 13.1. The van der Waals surface area contributed by atoms with Crippen LogP contribution in [0.25, 0.3) is 21.9 Å². The number of amides is 2. The average Bonchev–Trinajstić information content (AvgIpc) is 3.08. The summed E-state index contributed by atoms with van der Waals surface area (Å²) in [5.41, 5.74) is 5.96. The van der Waals surface area contributed by atoms with Crippen LogP contribution in [0.15, 0.2) is 24.3 Å². The highest BCUT2D eigenvalue weighted by Crippen LogP contribution is 2.32. The molecule has 0 saturated carbocycles. The van der Waals surface area contributed by atoms with Crippen LogP contribution in [0.3, 0.4) is 0 Å². The number of carbonyl (C=O) groups is 2. The molecule has 0 aliphatic heterocycles. The summed E-state index contributed by atoms with van der Waals surface area (Å²) in [7, 11) is 0. The third kappa shape index (κ3) is 6.00. The highest BCUT2D eigenvalue weighted by Gasteiger charge is 2.27. The van der Waals surface area contributed by atoms with Gasteiger partial charge in [-0.15, -0.1) is 0 Å². The van der Waals surface area contributed by atoms with Gasteiger partial charge in [-0.05, 0) is 39.2 Å². The fourth-order valence-corrected chi connectivity index (χ4v) is 3.80. The number of hydrogen-bond acceptors (Lipinski definition) is 7. The second-order valence-corrected chi connectivity index (χ2v) is 9.28. The van der Waals surface area contributed by atoms with Crippen molar-refractivity contribution in [3.63, 3.8) is 0 Å². The molecule has 1 atom stereocenters. The number of carbonyl (C=O) groups excluding carboxylic acids is 2. The lowest BCUT2D eigenvalue weighted by atomic mass is 10.1. The number of nitrogens with one attached hydrogen (secondary N) is 1. The summed E-state index contributed by atoms with van der Waals surface area (Å²) in [6.45, 7) is 10.1. The molecule has 4 N–H and O–H groups in total. The molecule has 3 aromatic rings. The monoisotopic (exact) mass is 471 g/mol. The van der Waals surface area contributed by atoms with E-state index in [1.807, 2.05) is 49.6 Å². The molecule has 2 heterocycles. The molecule has 0 aliphatic rings. The van der Waals surface area contributed by atoms with Gasteiger partial charge in [-0.25, -0.2) is 14.8 Å². The Morgan fingerprint density at radius 2 is 1.94 bits per heavy atom. The standard InChI is InChI=1S/C24H33N5O5/c1-6-33-12-18-27-19-20(29(18)13-24(4,5)32)15-9-7-8-10-16(15)26-21(19)28-22(30)17(11-14(2)3)34-23(25)31/h7-10,14,17,32H,6,11-13H2,1-5H3,(H2,25,31)(H,26,28,30). The second-order valence-electron chi connectivity index (χ2n) is 9.28. The van der Waals surface area contributed by atoms with Gasteiger partial charge in [0.05, 0.1) is 23.2 Å². The molecule has 2 amide bonds. The molecule has 1 unspecified atom stereocenters. The fourth-order valence-electron chi connectivity index (χ4n) is 3.80. The van der Waals surface area contributed by atoms with E-state index in [1.54, 1.807) is 13.8 Å². The third-order valence-electron chi connectivity index (χ3n) is 5.12. The zero-order chi connectivity index (χ0) is 25.0. The summed E-state index contributed by atoms with van der Waals surface area (Å²) in [6.07, 6.45) is -1.79. The van der Waals surface area contributed by atoms with E-state index in [-0.39, 0.29) is 24.9 Å². The molecule has 2 aromatic heterocycles. The van der Waals surface area contributed by atoms with E-state index in [0.717, 1.165) is 5.39 Å². The van der Waals surface area contributed by atoms with E-state index in [1.165, 1.54) is 0 Å². The maximum Gasteiger partial charge on any atom is 0.405 e. The minimum atomic E-state index is -1.07. The Morgan fingerprint density at radius 1 is 1.24 bits per heavy atom. The molecule has 0 saturated heterocycles. The highest BCUT2D eigenvalue weighted by molar-refractivity contribution is 6.10. The van der Waals surface area contributed by atoms with Crippen molar-refractivity contribution >= 4 is 39.8 Å². The van der Waals surface area contributed by atoms with Crippen molar-refractivity contribution in [2.45, 2.75) is 65.9 Å². The van der Waals surface area contributed by atoms with Crippen LogP contribution < -0.4 is 11.1 Å². The number of imidazole rings is 1. The summed E-state index contributed by atoms with van der Waals surface area (Å²) in [4.78, 5) is 33.8. The summed E-state index contributed by atoms with van der Waals surface area (Å²) in [5.74, 6) is 0.371. The van der Waals surface area contributed by atoms with Crippen LogP contribution >= 0.6 is 0 Å². The molecule has 184 valence electrons. The fraction of sp³-hybridized carbons (Fsp3) is 0.500. The summed E-state index contributed by atoms with van der Waals surface area (Å²) < 4.78 is 12.6. The van der Waals surface area contributed by atoms with Gasteiger partial charge in [-0.1, -0.05) is 32.0 Å². The van der Waals surface area contributed by atoms with Gasteiger partial charge in [0.25, 0.3) is 5.91 Å². The van der Waals surface area contributed by atoms with Crippen molar-refractivity contribution in [1.29, 1.82) is 0 Å². The first-order valence-corrected chi connectivity index (χ1v) is 11.3. The zero-order valence-electron chi connectivity index (χ0n) is 20.3. The SMILES string of the molecule is CCOCc1nc2c(NC(=O)C(CC(C)C)OC(N)=O)nc3ccccc3c2n1CC(C)(C)O. The van der Waals surface area contributed by atoms with Crippen LogP contribution in [-0.2, 0) is 27.4 Å². The van der Waals surface area contributed by atoms with Crippen molar-refractivity contribution in [2.24, 2.45) is 11.7 Å². The molecule has 0 radical (unpaired) electrons. The Bertz CT molecular complexity index is 1180. The van der Waals surface area contributed by atoms with Crippen LogP contribution in [0, 0.1) is 5.92 Å². The summed E-state index contributed by atoms with van der Waals surface area (Å²) >= 11 is 0. The lowest BCUT2D eigenvalue weighted by Gasteiger charge is -2.21. The number of nitrogens with zero attached hydrogens (tertiary/aromatic N) is 3. The van der Waals surface area contributed by atoms with Gasteiger partial charge in [-0.2, -0.15) is 0 Å². The number of hydrogen-bond donors (Lipinski definition) is 3. The number of nitrogens with two attached hydrogens (primary N) is 1. The molecule has 1 aromatic carbocycles. The molecule has 0 fully saturated rings. The molecule has 10 nitrogen and oxygen atoms in total. The molecule has 0 aliphatic carbocycles.